The van der Waals surface area contributed by atoms with Crippen molar-refractivity contribution >= 4 is 22.8 Å². The van der Waals surface area contributed by atoms with Crippen LogP contribution in [-0.4, -0.2) is 51.5 Å². The molecule has 0 aliphatic rings. The van der Waals surface area contributed by atoms with Crippen molar-refractivity contribution in [2.45, 2.75) is 45.4 Å². The third-order valence-electron chi connectivity index (χ3n) is 6.03. The Balaban J connectivity index is 1.81. The SMILES string of the molecule is COc1cccc(C(C(=O)NC(C)(C)C)N(Cc2ccccc2OC)C(=O)Cn2nnc3ccccc32)c1. The quantitative estimate of drug-likeness (QED) is 0.360. The summed E-state index contributed by atoms with van der Waals surface area (Å²) in [4.78, 5) is 29.5. The number of carbonyl (C=O) groups is 2. The fourth-order valence-electron chi connectivity index (χ4n) is 4.32. The molecule has 0 aliphatic carbocycles. The van der Waals surface area contributed by atoms with Gasteiger partial charge in [0.05, 0.1) is 26.3 Å². The molecule has 198 valence electrons. The van der Waals surface area contributed by atoms with E-state index in [0.29, 0.717) is 22.6 Å². The summed E-state index contributed by atoms with van der Waals surface area (Å²) < 4.78 is 12.6. The Labute approximate surface area is 222 Å². The predicted octanol–water partition coefficient (Wildman–Crippen LogP) is 4.13. The summed E-state index contributed by atoms with van der Waals surface area (Å²) >= 11 is 0. The Morgan fingerprint density at radius 3 is 2.45 bits per heavy atom. The van der Waals surface area contributed by atoms with E-state index >= 15 is 0 Å². The molecule has 0 spiro atoms. The fourth-order valence-corrected chi connectivity index (χ4v) is 4.32. The number of amides is 2. The largest absolute Gasteiger partial charge is 0.497 e. The van der Waals surface area contributed by atoms with Crippen LogP contribution in [0.5, 0.6) is 11.5 Å². The van der Waals surface area contributed by atoms with Crippen LogP contribution in [0.15, 0.2) is 72.8 Å². The Bertz CT molecular complexity index is 1430. The maximum atomic E-state index is 14.1. The highest BCUT2D eigenvalue weighted by molar-refractivity contribution is 5.89. The van der Waals surface area contributed by atoms with Crippen molar-refractivity contribution in [2.24, 2.45) is 0 Å². The molecule has 1 heterocycles. The summed E-state index contributed by atoms with van der Waals surface area (Å²) in [5, 5.41) is 11.4. The molecule has 1 aromatic heterocycles. The zero-order valence-electron chi connectivity index (χ0n) is 22.3. The summed E-state index contributed by atoms with van der Waals surface area (Å²) in [6.45, 7) is 5.75. The number of carbonyl (C=O) groups excluding carboxylic acids is 2. The standard InChI is InChI=1S/C29H33N5O4/c1-29(2,3)30-28(36)27(20-12-10-13-22(17-20)37-4)33(18-21-11-6-9-16-25(21)38-5)26(35)19-34-24-15-8-7-14-23(24)31-32-34/h6-17,27H,18-19H2,1-5H3,(H,30,36). The van der Waals surface area contributed by atoms with E-state index in [1.165, 1.54) is 0 Å². The van der Waals surface area contributed by atoms with Crippen LogP contribution in [0.2, 0.25) is 0 Å². The lowest BCUT2D eigenvalue weighted by Crippen LogP contribution is -2.49. The van der Waals surface area contributed by atoms with Crippen molar-refractivity contribution in [1.82, 2.24) is 25.2 Å². The summed E-state index contributed by atoms with van der Waals surface area (Å²) in [6.07, 6.45) is 0. The monoisotopic (exact) mass is 515 g/mol. The van der Waals surface area contributed by atoms with Crippen molar-refractivity contribution in [1.29, 1.82) is 0 Å². The zero-order valence-corrected chi connectivity index (χ0v) is 22.3. The number of benzene rings is 3. The molecule has 1 N–H and O–H groups in total. The van der Waals surface area contributed by atoms with E-state index in [0.717, 1.165) is 11.1 Å². The summed E-state index contributed by atoms with van der Waals surface area (Å²) in [5.74, 6) is 0.598. The van der Waals surface area contributed by atoms with Crippen LogP contribution in [0.25, 0.3) is 11.0 Å². The molecule has 4 rings (SSSR count). The van der Waals surface area contributed by atoms with Gasteiger partial charge in [-0.1, -0.05) is 47.7 Å². The Kier molecular flexibility index (Phi) is 7.95. The normalized spacial score (nSPS) is 12.1. The first kappa shape index (κ1) is 26.7. The van der Waals surface area contributed by atoms with Crippen LogP contribution in [0.4, 0.5) is 0 Å². The van der Waals surface area contributed by atoms with Crippen LogP contribution < -0.4 is 14.8 Å². The highest BCUT2D eigenvalue weighted by Gasteiger charge is 2.34. The van der Waals surface area contributed by atoms with Gasteiger partial charge in [0.2, 0.25) is 11.8 Å². The lowest BCUT2D eigenvalue weighted by molar-refractivity contribution is -0.142. The van der Waals surface area contributed by atoms with E-state index in [1.807, 2.05) is 81.4 Å². The number of hydrogen-bond donors (Lipinski definition) is 1. The highest BCUT2D eigenvalue weighted by Crippen LogP contribution is 2.30. The number of fused-ring (bicyclic) bond motifs is 1. The molecule has 1 unspecified atom stereocenters. The topological polar surface area (TPSA) is 98.6 Å². The summed E-state index contributed by atoms with van der Waals surface area (Å²) in [5.41, 5.74) is 2.29. The molecular formula is C29H33N5O4. The number of methoxy groups -OCH3 is 2. The van der Waals surface area contributed by atoms with Gasteiger partial charge < -0.3 is 19.7 Å². The van der Waals surface area contributed by atoms with Gasteiger partial charge in [0.1, 0.15) is 29.6 Å². The van der Waals surface area contributed by atoms with Gasteiger partial charge in [-0.2, -0.15) is 0 Å². The number of rotatable bonds is 9. The smallest absolute Gasteiger partial charge is 0.247 e. The van der Waals surface area contributed by atoms with Crippen molar-refractivity contribution in [3.05, 3.63) is 83.9 Å². The van der Waals surface area contributed by atoms with E-state index in [4.69, 9.17) is 9.47 Å². The minimum atomic E-state index is -0.948. The number of ether oxygens (including phenoxy) is 2. The lowest BCUT2D eigenvalue weighted by atomic mass is 10.00. The molecular weight excluding hydrogens is 482 g/mol. The van der Waals surface area contributed by atoms with Gasteiger partial charge in [-0.25, -0.2) is 4.68 Å². The van der Waals surface area contributed by atoms with Gasteiger partial charge in [0.25, 0.3) is 0 Å². The van der Waals surface area contributed by atoms with Crippen molar-refractivity contribution in [3.63, 3.8) is 0 Å². The van der Waals surface area contributed by atoms with E-state index in [1.54, 1.807) is 35.9 Å². The number of hydrogen-bond acceptors (Lipinski definition) is 6. The van der Waals surface area contributed by atoms with Gasteiger partial charge in [0, 0.05) is 11.1 Å². The molecule has 0 saturated heterocycles. The molecule has 0 aliphatic heterocycles. The number of nitrogens with one attached hydrogen (secondary N) is 1. The molecule has 0 fully saturated rings. The first-order valence-corrected chi connectivity index (χ1v) is 12.4. The highest BCUT2D eigenvalue weighted by atomic mass is 16.5. The average molecular weight is 516 g/mol. The van der Waals surface area contributed by atoms with Crippen LogP contribution in [-0.2, 0) is 22.7 Å². The summed E-state index contributed by atoms with van der Waals surface area (Å²) in [7, 11) is 3.15. The van der Waals surface area contributed by atoms with E-state index < -0.39 is 11.6 Å². The predicted molar refractivity (Wildman–Crippen MR) is 145 cm³/mol. The average Bonchev–Trinajstić information content (AvgIpc) is 3.30. The van der Waals surface area contributed by atoms with Crippen LogP contribution in [0, 0.1) is 0 Å². The second kappa shape index (κ2) is 11.3. The Morgan fingerprint density at radius 2 is 1.71 bits per heavy atom. The maximum Gasteiger partial charge on any atom is 0.247 e. The summed E-state index contributed by atoms with van der Waals surface area (Å²) in [6, 6.07) is 21.2. The molecule has 4 aromatic rings. The van der Waals surface area contributed by atoms with Crippen LogP contribution in [0.3, 0.4) is 0 Å². The number of nitrogens with zero attached hydrogens (tertiary/aromatic N) is 4. The van der Waals surface area contributed by atoms with Crippen LogP contribution >= 0.6 is 0 Å². The van der Waals surface area contributed by atoms with Gasteiger partial charge in [-0.15, -0.1) is 5.10 Å². The molecule has 3 aromatic carbocycles. The Hall–Kier alpha value is -4.40. The molecule has 2 amide bonds. The molecule has 0 bridgehead atoms. The third kappa shape index (κ3) is 6.11. The lowest BCUT2D eigenvalue weighted by Gasteiger charge is -2.34. The van der Waals surface area contributed by atoms with Gasteiger partial charge in [-0.05, 0) is 56.7 Å². The van der Waals surface area contributed by atoms with Gasteiger partial charge in [0.15, 0.2) is 0 Å². The first-order chi connectivity index (χ1) is 18.2. The molecule has 9 heteroatoms. The third-order valence-corrected chi connectivity index (χ3v) is 6.03. The molecule has 0 saturated carbocycles. The number of para-hydroxylation sites is 2. The fraction of sp³-hybridized carbons (Fsp3) is 0.310. The Morgan fingerprint density at radius 1 is 0.974 bits per heavy atom. The van der Waals surface area contributed by atoms with Gasteiger partial charge >= 0.3 is 0 Å². The van der Waals surface area contributed by atoms with Crippen molar-refractivity contribution in [3.8, 4) is 11.5 Å². The van der Waals surface area contributed by atoms with Crippen LogP contribution in [0.1, 0.15) is 37.9 Å². The maximum absolute atomic E-state index is 14.1. The van der Waals surface area contributed by atoms with E-state index in [-0.39, 0.29) is 24.9 Å². The van der Waals surface area contributed by atoms with Crippen molar-refractivity contribution in [2.75, 3.05) is 14.2 Å². The van der Waals surface area contributed by atoms with E-state index in [9.17, 15) is 9.59 Å². The zero-order chi connectivity index (χ0) is 27.3. The van der Waals surface area contributed by atoms with E-state index in [2.05, 4.69) is 15.6 Å². The first-order valence-electron chi connectivity index (χ1n) is 12.4. The molecule has 1 atom stereocenters. The van der Waals surface area contributed by atoms with Crippen molar-refractivity contribution < 1.29 is 19.1 Å². The number of aromatic nitrogens is 3. The molecule has 9 nitrogen and oxygen atoms in total. The molecule has 38 heavy (non-hydrogen) atoms. The molecule has 0 radical (unpaired) electrons. The minimum absolute atomic E-state index is 0.0983. The van der Waals surface area contributed by atoms with Gasteiger partial charge in [-0.3, -0.25) is 9.59 Å². The minimum Gasteiger partial charge on any atom is -0.497 e. The second-order valence-electron chi connectivity index (χ2n) is 9.99. The second-order valence-corrected chi connectivity index (χ2v) is 9.99.